The van der Waals surface area contributed by atoms with Crippen LogP contribution in [0, 0.1) is 0 Å². The van der Waals surface area contributed by atoms with Crippen molar-refractivity contribution < 1.29 is 80.2 Å². The minimum atomic E-state index is -4.96. The van der Waals surface area contributed by atoms with Gasteiger partial charge in [0.1, 0.15) is 19.3 Å². The van der Waals surface area contributed by atoms with E-state index in [9.17, 15) is 43.2 Å². The van der Waals surface area contributed by atoms with Crippen LogP contribution in [0.15, 0.2) is 24.3 Å². The van der Waals surface area contributed by atoms with Crippen LogP contribution in [-0.2, 0) is 65.4 Å². The van der Waals surface area contributed by atoms with Gasteiger partial charge in [0, 0.05) is 25.7 Å². The van der Waals surface area contributed by atoms with E-state index < -0.39 is 97.5 Å². The number of phosphoric ester groups is 2. The number of carbonyl (C=O) groups excluding carboxylic acids is 4. The molecule has 542 valence electrons. The van der Waals surface area contributed by atoms with Gasteiger partial charge in [0.25, 0.3) is 0 Å². The Morgan fingerprint density at radius 3 is 0.793 bits per heavy atom. The van der Waals surface area contributed by atoms with E-state index in [1.165, 1.54) is 173 Å². The van der Waals surface area contributed by atoms with Crippen molar-refractivity contribution in [1.82, 2.24) is 0 Å². The molecule has 0 aromatic rings. The molecular weight excluding hydrogens is 1210 g/mol. The molecule has 92 heavy (non-hydrogen) atoms. The topological polar surface area (TPSA) is 237 Å². The first kappa shape index (κ1) is 89.5. The third-order valence-electron chi connectivity index (χ3n) is 16.5. The van der Waals surface area contributed by atoms with Gasteiger partial charge in [-0.15, -0.1) is 0 Å². The van der Waals surface area contributed by atoms with Gasteiger partial charge in [-0.25, -0.2) is 9.13 Å². The van der Waals surface area contributed by atoms with E-state index in [1.807, 2.05) is 0 Å². The van der Waals surface area contributed by atoms with Gasteiger partial charge >= 0.3 is 39.5 Å². The molecule has 19 heteroatoms. The molecule has 0 rings (SSSR count). The molecule has 0 aliphatic carbocycles. The summed E-state index contributed by atoms with van der Waals surface area (Å²) in [5.41, 5.74) is 0. The fourth-order valence-corrected chi connectivity index (χ4v) is 12.3. The van der Waals surface area contributed by atoms with Crippen LogP contribution in [0.4, 0.5) is 0 Å². The Bertz CT molecular complexity index is 1850. The maximum Gasteiger partial charge on any atom is 0.472 e. The van der Waals surface area contributed by atoms with E-state index in [4.69, 9.17) is 37.0 Å². The average molecular weight is 1350 g/mol. The van der Waals surface area contributed by atoms with Crippen LogP contribution in [0.2, 0.25) is 0 Å². The summed E-state index contributed by atoms with van der Waals surface area (Å²) in [6.07, 6.45) is 59.0. The highest BCUT2D eigenvalue weighted by Crippen LogP contribution is 2.45. The molecule has 0 aromatic heterocycles. The second-order valence-corrected chi connectivity index (χ2v) is 28.6. The molecule has 3 N–H and O–H groups in total. The largest absolute Gasteiger partial charge is 0.472 e. The number of hydrogen-bond acceptors (Lipinski definition) is 15. The second-order valence-electron chi connectivity index (χ2n) is 25.6. The Kier molecular flexibility index (Phi) is 65.3. The molecule has 0 bridgehead atoms. The summed E-state index contributed by atoms with van der Waals surface area (Å²) in [4.78, 5) is 72.6. The van der Waals surface area contributed by atoms with Crippen LogP contribution < -0.4 is 0 Å². The number of unbranched alkanes of at least 4 members (excludes halogenated alkanes) is 43. The van der Waals surface area contributed by atoms with Crippen molar-refractivity contribution in [1.29, 1.82) is 0 Å². The van der Waals surface area contributed by atoms with Gasteiger partial charge in [0.2, 0.25) is 0 Å². The second kappa shape index (κ2) is 67.1. The number of aliphatic hydroxyl groups excluding tert-OH is 1. The van der Waals surface area contributed by atoms with Crippen LogP contribution in [-0.4, -0.2) is 96.7 Å². The van der Waals surface area contributed by atoms with Gasteiger partial charge in [0.15, 0.2) is 12.2 Å². The van der Waals surface area contributed by atoms with Crippen LogP contribution in [0.3, 0.4) is 0 Å². The van der Waals surface area contributed by atoms with Gasteiger partial charge in [-0.2, -0.15) is 0 Å². The molecule has 0 spiro atoms. The molecule has 0 saturated heterocycles. The molecular formula is C73H138O17P2. The SMILES string of the molecule is CCCCCC/C=C\C=C/CCCCCCCC(=O)OC[C@H](COP(=O)(O)OC[C@@H](O)COP(=O)(O)OC[C@@H](COC(=O)CCCCCCCCCCCC)OC(=O)CCCCCCCCCCCC)OC(=O)CCCCCCCCCCCCCCCCCCC. The van der Waals surface area contributed by atoms with Gasteiger partial charge in [-0.3, -0.25) is 37.3 Å². The quantitative estimate of drug-likeness (QED) is 0.0169. The number of rotatable bonds is 72. The summed E-state index contributed by atoms with van der Waals surface area (Å²) in [5, 5.41) is 10.6. The number of carbonyl (C=O) groups is 4. The molecule has 2 unspecified atom stereocenters. The van der Waals surface area contributed by atoms with E-state index >= 15 is 0 Å². The maximum absolute atomic E-state index is 13.0. The van der Waals surface area contributed by atoms with Gasteiger partial charge in [0.05, 0.1) is 26.4 Å². The van der Waals surface area contributed by atoms with E-state index in [0.29, 0.717) is 25.7 Å². The van der Waals surface area contributed by atoms with Gasteiger partial charge in [-0.1, -0.05) is 309 Å². The predicted molar refractivity (Wildman–Crippen MR) is 372 cm³/mol. The lowest BCUT2D eigenvalue weighted by Crippen LogP contribution is -2.30. The molecule has 0 aliphatic heterocycles. The van der Waals surface area contributed by atoms with Crippen LogP contribution in [0.25, 0.3) is 0 Å². The van der Waals surface area contributed by atoms with Crippen molar-refractivity contribution >= 4 is 39.5 Å². The van der Waals surface area contributed by atoms with E-state index in [2.05, 4.69) is 52.0 Å². The minimum absolute atomic E-state index is 0.102. The van der Waals surface area contributed by atoms with Crippen molar-refractivity contribution in [3.8, 4) is 0 Å². The third kappa shape index (κ3) is 66.2. The number of allylic oxidation sites excluding steroid dienone is 4. The van der Waals surface area contributed by atoms with Crippen LogP contribution >= 0.6 is 15.6 Å². The fraction of sp³-hybridized carbons (Fsp3) is 0.890. The maximum atomic E-state index is 13.0. The lowest BCUT2D eigenvalue weighted by molar-refractivity contribution is -0.161. The summed E-state index contributed by atoms with van der Waals surface area (Å²) >= 11 is 0. The Balaban J connectivity index is 5.26. The molecule has 17 nitrogen and oxygen atoms in total. The normalized spacial score (nSPS) is 14.1. The zero-order chi connectivity index (χ0) is 67.5. The molecule has 0 amide bonds. The summed E-state index contributed by atoms with van der Waals surface area (Å²) in [6, 6.07) is 0. The highest BCUT2D eigenvalue weighted by molar-refractivity contribution is 7.47. The Hall–Kier alpha value is -2.46. The first-order chi connectivity index (χ1) is 44.7. The summed E-state index contributed by atoms with van der Waals surface area (Å²) in [5.74, 6) is -2.15. The van der Waals surface area contributed by atoms with E-state index in [1.54, 1.807) is 0 Å². The summed E-state index contributed by atoms with van der Waals surface area (Å²) in [7, 11) is -9.91. The molecule has 0 aromatic carbocycles. The van der Waals surface area contributed by atoms with Crippen molar-refractivity contribution in [3.63, 3.8) is 0 Å². The fourth-order valence-electron chi connectivity index (χ4n) is 10.7. The Morgan fingerprint density at radius 1 is 0.304 bits per heavy atom. The molecule has 0 radical (unpaired) electrons. The zero-order valence-electron chi connectivity index (χ0n) is 59.0. The first-order valence-corrected chi connectivity index (χ1v) is 40.6. The zero-order valence-corrected chi connectivity index (χ0v) is 60.8. The molecule has 0 aliphatic rings. The van der Waals surface area contributed by atoms with Crippen molar-refractivity contribution in [2.75, 3.05) is 39.6 Å². The van der Waals surface area contributed by atoms with Gasteiger partial charge in [-0.05, 0) is 51.4 Å². The van der Waals surface area contributed by atoms with E-state index in [0.717, 1.165) is 109 Å². The van der Waals surface area contributed by atoms with Crippen molar-refractivity contribution in [2.45, 2.75) is 380 Å². The van der Waals surface area contributed by atoms with Crippen molar-refractivity contribution in [3.05, 3.63) is 24.3 Å². The minimum Gasteiger partial charge on any atom is -0.462 e. The first-order valence-electron chi connectivity index (χ1n) is 37.6. The lowest BCUT2D eigenvalue weighted by atomic mass is 10.0. The number of hydrogen-bond donors (Lipinski definition) is 3. The molecule has 0 heterocycles. The Morgan fingerprint density at radius 2 is 0.522 bits per heavy atom. The predicted octanol–water partition coefficient (Wildman–Crippen LogP) is 21.0. The molecule has 5 atom stereocenters. The van der Waals surface area contributed by atoms with Crippen LogP contribution in [0.5, 0.6) is 0 Å². The Labute approximate surface area is 561 Å². The van der Waals surface area contributed by atoms with Crippen LogP contribution in [0.1, 0.15) is 362 Å². The third-order valence-corrected chi connectivity index (χ3v) is 18.4. The highest BCUT2D eigenvalue weighted by Gasteiger charge is 2.30. The van der Waals surface area contributed by atoms with Crippen molar-refractivity contribution in [2.24, 2.45) is 0 Å². The lowest BCUT2D eigenvalue weighted by Gasteiger charge is -2.21. The number of esters is 4. The van der Waals surface area contributed by atoms with E-state index in [-0.39, 0.29) is 25.7 Å². The average Bonchev–Trinajstić information content (AvgIpc) is 2.74. The molecule has 0 fully saturated rings. The molecule has 0 saturated carbocycles. The number of ether oxygens (including phenoxy) is 4. The summed E-state index contributed by atoms with van der Waals surface area (Å²) < 4.78 is 68.3. The number of phosphoric acid groups is 2. The number of aliphatic hydroxyl groups is 1. The monoisotopic (exact) mass is 1350 g/mol. The summed E-state index contributed by atoms with van der Waals surface area (Å²) in [6.45, 7) is 4.88. The highest BCUT2D eigenvalue weighted by atomic mass is 31.2. The standard InChI is InChI=1S/C73H138O17P2/c1-5-9-13-17-21-25-29-31-33-34-36-38-40-44-48-52-56-60-73(78)90-69(64-84-71(76)58-54-50-46-43-39-37-35-32-30-26-22-18-14-10-6-2)66-88-92(81,82)86-62-67(74)61-85-91(79,80)87-65-68(89-72(77)59-55-51-47-42-28-24-20-16-12-8-4)63-83-70(75)57-53-49-45-41-27-23-19-15-11-7-3/h26,30,32,35,67-69,74H,5-25,27-29,31,33-34,36-66H2,1-4H3,(H,79,80)(H,81,82)/b30-26-,35-32-/t67-,68+,69+/m0/s1. The smallest absolute Gasteiger partial charge is 0.462 e. The van der Waals surface area contributed by atoms with Gasteiger partial charge < -0.3 is 33.8 Å².